The summed E-state index contributed by atoms with van der Waals surface area (Å²) >= 11 is 3.26. The highest BCUT2D eigenvalue weighted by atomic mass is 32.2. The van der Waals surface area contributed by atoms with Gasteiger partial charge in [-0.25, -0.2) is 9.97 Å². The SMILES string of the molecule is CCc1cc2c(SC(C)C(=O)N3CCN(c4cccc(C)c4C)CC3)ncnc2s1. The summed E-state index contributed by atoms with van der Waals surface area (Å²) in [6, 6.07) is 8.62. The van der Waals surface area contributed by atoms with Gasteiger partial charge >= 0.3 is 0 Å². The molecule has 30 heavy (non-hydrogen) atoms. The first-order chi connectivity index (χ1) is 14.5. The van der Waals surface area contributed by atoms with Crippen molar-refractivity contribution in [2.24, 2.45) is 0 Å². The summed E-state index contributed by atoms with van der Waals surface area (Å²) in [7, 11) is 0. The van der Waals surface area contributed by atoms with Crippen molar-refractivity contribution in [3.8, 4) is 0 Å². The lowest BCUT2D eigenvalue weighted by Gasteiger charge is -2.38. The van der Waals surface area contributed by atoms with Crippen molar-refractivity contribution in [1.29, 1.82) is 0 Å². The Morgan fingerprint density at radius 3 is 2.70 bits per heavy atom. The average molecular weight is 441 g/mol. The lowest BCUT2D eigenvalue weighted by atomic mass is 10.1. The Balaban J connectivity index is 1.41. The number of hydrogen-bond donors (Lipinski definition) is 0. The molecule has 4 rings (SSSR count). The van der Waals surface area contributed by atoms with Crippen LogP contribution in [0.2, 0.25) is 0 Å². The summed E-state index contributed by atoms with van der Waals surface area (Å²) in [5, 5.41) is 1.81. The Hall–Kier alpha value is -2.12. The maximum atomic E-state index is 13.1. The molecule has 0 bridgehead atoms. The molecular formula is C23H28N4OS2. The van der Waals surface area contributed by atoms with Crippen LogP contribution in [0.25, 0.3) is 10.2 Å². The zero-order valence-corrected chi connectivity index (χ0v) is 19.6. The second kappa shape index (κ2) is 8.94. The van der Waals surface area contributed by atoms with Gasteiger partial charge in [0.15, 0.2) is 0 Å². The summed E-state index contributed by atoms with van der Waals surface area (Å²) in [5.74, 6) is 0.193. The molecular weight excluding hydrogens is 412 g/mol. The van der Waals surface area contributed by atoms with Crippen molar-refractivity contribution in [3.05, 3.63) is 46.6 Å². The van der Waals surface area contributed by atoms with Crippen molar-refractivity contribution >= 4 is 44.9 Å². The number of thioether (sulfide) groups is 1. The Labute approximate surface area is 186 Å². The molecule has 7 heteroatoms. The molecule has 2 aromatic heterocycles. The molecule has 1 amide bonds. The van der Waals surface area contributed by atoms with E-state index in [1.54, 1.807) is 29.4 Å². The van der Waals surface area contributed by atoms with Crippen LogP contribution in [0.3, 0.4) is 0 Å². The number of aromatic nitrogens is 2. The summed E-state index contributed by atoms with van der Waals surface area (Å²) in [5.41, 5.74) is 3.93. The number of carbonyl (C=O) groups excluding carboxylic acids is 1. The van der Waals surface area contributed by atoms with Crippen LogP contribution in [-0.2, 0) is 11.2 Å². The van der Waals surface area contributed by atoms with E-state index in [1.165, 1.54) is 21.7 Å². The second-order valence-corrected chi connectivity index (χ2v) is 10.2. The van der Waals surface area contributed by atoms with Crippen molar-refractivity contribution in [2.45, 2.75) is 44.4 Å². The number of piperazine rings is 1. The third-order valence-corrected chi connectivity index (χ3v) is 8.13. The smallest absolute Gasteiger partial charge is 0.235 e. The van der Waals surface area contributed by atoms with Crippen LogP contribution >= 0.6 is 23.1 Å². The van der Waals surface area contributed by atoms with Crippen molar-refractivity contribution in [3.63, 3.8) is 0 Å². The molecule has 3 heterocycles. The molecule has 5 nitrogen and oxygen atoms in total. The third-order valence-electron chi connectivity index (χ3n) is 5.84. The number of rotatable bonds is 5. The van der Waals surface area contributed by atoms with Gasteiger partial charge in [-0.05, 0) is 50.5 Å². The maximum Gasteiger partial charge on any atom is 0.235 e. The van der Waals surface area contributed by atoms with Gasteiger partial charge in [-0.3, -0.25) is 4.79 Å². The highest BCUT2D eigenvalue weighted by Gasteiger charge is 2.27. The normalized spacial score (nSPS) is 15.6. The number of amides is 1. The van der Waals surface area contributed by atoms with Gasteiger partial charge in [0.1, 0.15) is 16.2 Å². The van der Waals surface area contributed by atoms with Crippen LogP contribution in [0.5, 0.6) is 0 Å². The highest BCUT2D eigenvalue weighted by molar-refractivity contribution is 8.00. The minimum absolute atomic E-state index is 0.166. The first kappa shape index (κ1) is 21.1. The van der Waals surface area contributed by atoms with E-state index in [2.05, 4.69) is 59.9 Å². The first-order valence-corrected chi connectivity index (χ1v) is 12.2. The summed E-state index contributed by atoms with van der Waals surface area (Å²) in [6.07, 6.45) is 2.60. The monoisotopic (exact) mass is 440 g/mol. The molecule has 0 radical (unpaired) electrons. The van der Waals surface area contributed by atoms with Crippen LogP contribution in [-0.4, -0.2) is 52.2 Å². The van der Waals surface area contributed by atoms with Gasteiger partial charge < -0.3 is 9.80 Å². The molecule has 1 saturated heterocycles. The number of anilines is 1. The average Bonchev–Trinajstić information content (AvgIpc) is 3.20. The van der Waals surface area contributed by atoms with E-state index in [0.29, 0.717) is 0 Å². The number of benzene rings is 1. The zero-order chi connectivity index (χ0) is 21.3. The molecule has 1 aliphatic rings. The van der Waals surface area contributed by atoms with Gasteiger partial charge in [0.2, 0.25) is 5.91 Å². The molecule has 0 spiro atoms. The third kappa shape index (κ3) is 4.18. The molecule has 158 valence electrons. The van der Waals surface area contributed by atoms with Crippen LogP contribution in [0.1, 0.15) is 29.9 Å². The van der Waals surface area contributed by atoms with E-state index in [1.807, 2.05) is 11.8 Å². The van der Waals surface area contributed by atoms with E-state index in [9.17, 15) is 4.79 Å². The number of fused-ring (bicyclic) bond motifs is 1. The van der Waals surface area contributed by atoms with Crippen LogP contribution in [0.15, 0.2) is 35.6 Å². The molecule has 1 aromatic carbocycles. The Kier molecular flexibility index (Phi) is 6.29. The second-order valence-electron chi connectivity index (χ2n) is 7.76. The van der Waals surface area contributed by atoms with Gasteiger partial charge in [-0.15, -0.1) is 11.3 Å². The number of nitrogens with zero attached hydrogens (tertiary/aromatic N) is 4. The predicted octanol–water partition coefficient (Wildman–Crippen LogP) is 4.70. The van der Waals surface area contributed by atoms with E-state index in [-0.39, 0.29) is 11.2 Å². The number of hydrogen-bond acceptors (Lipinski definition) is 6. The van der Waals surface area contributed by atoms with Gasteiger partial charge in [0.25, 0.3) is 0 Å². The maximum absolute atomic E-state index is 13.1. The van der Waals surface area contributed by atoms with E-state index in [4.69, 9.17) is 0 Å². The van der Waals surface area contributed by atoms with Crippen LogP contribution in [0, 0.1) is 13.8 Å². The fourth-order valence-corrected chi connectivity index (χ4v) is 5.85. The van der Waals surface area contributed by atoms with Gasteiger partial charge in [0, 0.05) is 42.1 Å². The Bertz CT molecular complexity index is 1060. The molecule has 1 aliphatic heterocycles. The Morgan fingerprint density at radius 1 is 1.20 bits per heavy atom. The molecule has 0 aliphatic carbocycles. The Morgan fingerprint density at radius 2 is 1.97 bits per heavy atom. The minimum Gasteiger partial charge on any atom is -0.368 e. The first-order valence-electron chi connectivity index (χ1n) is 10.5. The number of aryl methyl sites for hydroxylation is 2. The lowest BCUT2D eigenvalue weighted by molar-refractivity contribution is -0.130. The largest absolute Gasteiger partial charge is 0.368 e. The quantitative estimate of drug-likeness (QED) is 0.425. The molecule has 1 unspecified atom stereocenters. The van der Waals surface area contributed by atoms with Crippen molar-refractivity contribution < 1.29 is 4.79 Å². The highest BCUT2D eigenvalue weighted by Crippen LogP contribution is 2.33. The molecule has 1 atom stereocenters. The molecule has 0 saturated carbocycles. The zero-order valence-electron chi connectivity index (χ0n) is 18.0. The number of carbonyl (C=O) groups is 1. The fourth-order valence-electron chi connectivity index (χ4n) is 3.87. The van der Waals surface area contributed by atoms with E-state index >= 15 is 0 Å². The van der Waals surface area contributed by atoms with E-state index < -0.39 is 0 Å². The van der Waals surface area contributed by atoms with Crippen LogP contribution in [0.4, 0.5) is 5.69 Å². The molecule has 1 fully saturated rings. The van der Waals surface area contributed by atoms with E-state index in [0.717, 1.165) is 47.8 Å². The lowest BCUT2D eigenvalue weighted by Crippen LogP contribution is -2.50. The van der Waals surface area contributed by atoms with Crippen molar-refractivity contribution in [2.75, 3.05) is 31.1 Å². The number of thiophene rings is 1. The predicted molar refractivity (Wildman–Crippen MR) is 127 cm³/mol. The van der Waals surface area contributed by atoms with Gasteiger partial charge in [-0.1, -0.05) is 30.8 Å². The van der Waals surface area contributed by atoms with Crippen LogP contribution < -0.4 is 4.90 Å². The summed E-state index contributed by atoms with van der Waals surface area (Å²) in [4.78, 5) is 28.7. The van der Waals surface area contributed by atoms with Gasteiger partial charge in [0.05, 0.1) is 5.25 Å². The molecule has 0 N–H and O–H groups in total. The summed E-state index contributed by atoms with van der Waals surface area (Å²) < 4.78 is 0. The topological polar surface area (TPSA) is 49.3 Å². The minimum atomic E-state index is -0.166. The fraction of sp³-hybridized carbons (Fsp3) is 0.435. The van der Waals surface area contributed by atoms with Gasteiger partial charge in [-0.2, -0.15) is 0 Å². The standard InChI is InChI=1S/C23H28N4OS2/c1-5-18-13-19-21(24-14-25-22(19)30-18)29-17(4)23(28)27-11-9-26(10-12-27)20-8-6-7-15(2)16(20)3/h6-8,13-14,17H,5,9-12H2,1-4H3. The molecule has 3 aromatic rings. The van der Waals surface area contributed by atoms with Crippen molar-refractivity contribution in [1.82, 2.24) is 14.9 Å². The summed E-state index contributed by atoms with van der Waals surface area (Å²) in [6.45, 7) is 11.7.